The van der Waals surface area contributed by atoms with Gasteiger partial charge in [-0.3, -0.25) is 4.79 Å². The summed E-state index contributed by atoms with van der Waals surface area (Å²) in [5, 5.41) is 10.2. The monoisotopic (exact) mass is 452 g/mol. The molecule has 8 heteroatoms. The number of amides is 1. The third-order valence-electron chi connectivity index (χ3n) is 5.43. The fourth-order valence-corrected chi connectivity index (χ4v) is 4.74. The van der Waals surface area contributed by atoms with E-state index in [4.69, 9.17) is 0 Å². The van der Waals surface area contributed by atoms with Crippen LogP contribution in [0.4, 0.5) is 0 Å². The average molecular weight is 453 g/mol. The second-order valence-electron chi connectivity index (χ2n) is 8.69. The summed E-state index contributed by atoms with van der Waals surface area (Å²) in [4.78, 5) is 17.2. The molecule has 0 fully saturated rings. The van der Waals surface area contributed by atoms with Gasteiger partial charge in [0.1, 0.15) is 6.04 Å². The zero-order valence-corrected chi connectivity index (χ0v) is 19.5. The fourth-order valence-electron chi connectivity index (χ4n) is 3.55. The van der Waals surface area contributed by atoms with E-state index in [9.17, 15) is 18.5 Å². The molecule has 0 aliphatic heterocycles. The van der Waals surface area contributed by atoms with E-state index in [2.05, 4.69) is 9.71 Å². The second kappa shape index (κ2) is 9.15. The fraction of sp³-hybridized carbons (Fsp3) is 0.333. The van der Waals surface area contributed by atoms with Crippen LogP contribution in [0.25, 0.3) is 10.9 Å². The maximum absolute atomic E-state index is 13.1. The van der Waals surface area contributed by atoms with Crippen LogP contribution in [0.5, 0.6) is 0 Å². The number of aromatic amines is 1. The van der Waals surface area contributed by atoms with Crippen LogP contribution in [0.15, 0.2) is 59.6 Å². The van der Waals surface area contributed by atoms with Gasteiger partial charge >= 0.3 is 0 Å². The predicted molar refractivity (Wildman–Crippen MR) is 124 cm³/mol. The Kier molecular flexibility index (Phi) is 6.72. The van der Waals surface area contributed by atoms with Crippen LogP contribution >= 0.6 is 0 Å². The SMILES string of the molecule is CCN(C#N)C(=O)C(Cc1c[nH]c2ccccc12)NS(=O)(=O)c1ccc(C(C)(C)C)cc1. The molecular weight excluding hydrogens is 424 g/mol. The minimum atomic E-state index is -3.99. The molecule has 0 spiro atoms. The molecule has 0 aliphatic carbocycles. The molecular formula is C24H28N4O3S. The van der Waals surface area contributed by atoms with Gasteiger partial charge in [0.15, 0.2) is 6.19 Å². The van der Waals surface area contributed by atoms with Crippen LogP contribution in [0.1, 0.15) is 38.8 Å². The predicted octanol–water partition coefficient (Wildman–Crippen LogP) is 3.68. The van der Waals surface area contributed by atoms with Crippen molar-refractivity contribution in [3.05, 3.63) is 65.9 Å². The number of benzene rings is 2. The first-order valence-electron chi connectivity index (χ1n) is 10.5. The molecule has 32 heavy (non-hydrogen) atoms. The highest BCUT2D eigenvalue weighted by atomic mass is 32.2. The highest BCUT2D eigenvalue weighted by Gasteiger charge is 2.30. The number of nitrogens with zero attached hydrogens (tertiary/aromatic N) is 2. The Bertz CT molecular complexity index is 1250. The van der Waals surface area contributed by atoms with Crippen molar-refractivity contribution in [1.29, 1.82) is 5.26 Å². The minimum Gasteiger partial charge on any atom is -0.361 e. The summed E-state index contributed by atoms with van der Waals surface area (Å²) in [6.45, 7) is 7.97. The molecule has 168 valence electrons. The maximum Gasteiger partial charge on any atom is 0.254 e. The Morgan fingerprint density at radius 3 is 2.41 bits per heavy atom. The number of para-hydroxylation sites is 1. The van der Waals surface area contributed by atoms with Gasteiger partial charge in [-0.25, -0.2) is 13.3 Å². The van der Waals surface area contributed by atoms with E-state index >= 15 is 0 Å². The molecule has 7 nitrogen and oxygen atoms in total. The lowest BCUT2D eigenvalue weighted by molar-refractivity contribution is -0.129. The van der Waals surface area contributed by atoms with Crippen LogP contribution in [0, 0.1) is 11.5 Å². The number of carbonyl (C=O) groups is 1. The smallest absolute Gasteiger partial charge is 0.254 e. The van der Waals surface area contributed by atoms with E-state index in [0.29, 0.717) is 0 Å². The lowest BCUT2D eigenvalue weighted by atomic mass is 9.87. The molecule has 1 atom stereocenters. The van der Waals surface area contributed by atoms with Gasteiger partial charge in [0, 0.05) is 23.6 Å². The topological polar surface area (TPSA) is 106 Å². The zero-order chi connectivity index (χ0) is 23.5. The average Bonchev–Trinajstić information content (AvgIpc) is 3.16. The molecule has 0 saturated heterocycles. The molecule has 0 radical (unpaired) electrons. The highest BCUT2D eigenvalue weighted by molar-refractivity contribution is 7.89. The molecule has 0 bridgehead atoms. The number of nitrogens with one attached hydrogen (secondary N) is 2. The molecule has 1 unspecified atom stereocenters. The molecule has 3 rings (SSSR count). The van der Waals surface area contributed by atoms with Gasteiger partial charge in [-0.2, -0.15) is 9.98 Å². The zero-order valence-electron chi connectivity index (χ0n) is 18.7. The van der Waals surface area contributed by atoms with Crippen molar-refractivity contribution in [1.82, 2.24) is 14.6 Å². The van der Waals surface area contributed by atoms with Crippen molar-refractivity contribution in [2.24, 2.45) is 0 Å². The molecule has 0 saturated carbocycles. The van der Waals surface area contributed by atoms with Gasteiger partial charge in [0.05, 0.1) is 4.90 Å². The van der Waals surface area contributed by atoms with Gasteiger partial charge in [-0.15, -0.1) is 0 Å². The number of rotatable bonds is 7. The molecule has 1 heterocycles. The number of sulfonamides is 1. The van der Waals surface area contributed by atoms with Crippen LogP contribution in [0.3, 0.4) is 0 Å². The standard InChI is InChI=1S/C24H28N4O3S/c1-5-28(16-25)23(29)22(14-17-15-26-21-9-7-6-8-20(17)21)27-32(30,31)19-12-10-18(11-13-19)24(2,3)4/h6-13,15,22,26-27H,5,14H2,1-4H3. The van der Waals surface area contributed by atoms with Crippen molar-refractivity contribution >= 4 is 26.8 Å². The van der Waals surface area contributed by atoms with Crippen molar-refractivity contribution in [3.63, 3.8) is 0 Å². The molecule has 1 aromatic heterocycles. The molecule has 1 amide bonds. The summed E-state index contributed by atoms with van der Waals surface area (Å²) in [6.07, 6.45) is 3.71. The lowest BCUT2D eigenvalue weighted by Crippen LogP contribution is -2.48. The van der Waals surface area contributed by atoms with Crippen molar-refractivity contribution < 1.29 is 13.2 Å². The van der Waals surface area contributed by atoms with E-state index in [1.54, 1.807) is 25.3 Å². The van der Waals surface area contributed by atoms with E-state index in [0.717, 1.165) is 26.9 Å². The van der Waals surface area contributed by atoms with E-state index < -0.39 is 22.0 Å². The summed E-state index contributed by atoms with van der Waals surface area (Å²) in [6, 6.07) is 13.1. The number of fused-ring (bicyclic) bond motifs is 1. The van der Waals surface area contributed by atoms with Crippen LogP contribution in [-0.4, -0.2) is 36.8 Å². The van der Waals surface area contributed by atoms with Gasteiger partial charge in [0.25, 0.3) is 5.91 Å². The van der Waals surface area contributed by atoms with Gasteiger partial charge in [0.2, 0.25) is 10.0 Å². The number of hydrogen-bond acceptors (Lipinski definition) is 4. The quantitative estimate of drug-likeness (QED) is 0.421. The number of H-pyrrole nitrogens is 1. The highest BCUT2D eigenvalue weighted by Crippen LogP contribution is 2.24. The Balaban J connectivity index is 1.94. The summed E-state index contributed by atoms with van der Waals surface area (Å²) in [7, 11) is -3.99. The van der Waals surface area contributed by atoms with E-state index in [1.807, 2.05) is 51.2 Å². The number of nitriles is 1. The summed E-state index contributed by atoms with van der Waals surface area (Å²) in [5.74, 6) is -0.588. The Morgan fingerprint density at radius 2 is 1.81 bits per heavy atom. The Labute approximate surface area is 189 Å². The lowest BCUT2D eigenvalue weighted by Gasteiger charge is -2.22. The van der Waals surface area contributed by atoms with Crippen LogP contribution in [0.2, 0.25) is 0 Å². The van der Waals surface area contributed by atoms with Crippen molar-refractivity contribution in [2.45, 2.75) is 50.5 Å². The third kappa shape index (κ3) is 5.01. The van der Waals surface area contributed by atoms with Crippen LogP contribution < -0.4 is 4.72 Å². The van der Waals surface area contributed by atoms with Crippen LogP contribution in [-0.2, 0) is 26.7 Å². The molecule has 0 aliphatic rings. The van der Waals surface area contributed by atoms with Crippen molar-refractivity contribution in [2.75, 3.05) is 6.54 Å². The van der Waals surface area contributed by atoms with Gasteiger partial charge < -0.3 is 4.98 Å². The number of likely N-dealkylation sites (N-methyl/N-ethyl adjacent to an activating group) is 1. The number of hydrogen-bond donors (Lipinski definition) is 2. The van der Waals surface area contributed by atoms with E-state index in [1.165, 1.54) is 12.1 Å². The second-order valence-corrected chi connectivity index (χ2v) is 10.4. The number of aromatic nitrogens is 1. The number of carbonyl (C=O) groups excluding carboxylic acids is 1. The largest absolute Gasteiger partial charge is 0.361 e. The first kappa shape index (κ1) is 23.5. The Hall–Kier alpha value is -3.15. The van der Waals surface area contributed by atoms with Gasteiger partial charge in [-0.1, -0.05) is 51.1 Å². The summed E-state index contributed by atoms with van der Waals surface area (Å²) >= 11 is 0. The first-order chi connectivity index (χ1) is 15.1. The maximum atomic E-state index is 13.1. The van der Waals surface area contributed by atoms with Crippen molar-refractivity contribution in [3.8, 4) is 6.19 Å². The van der Waals surface area contributed by atoms with E-state index in [-0.39, 0.29) is 23.3 Å². The third-order valence-corrected chi connectivity index (χ3v) is 6.92. The summed E-state index contributed by atoms with van der Waals surface area (Å²) < 4.78 is 28.8. The Morgan fingerprint density at radius 1 is 1.16 bits per heavy atom. The molecule has 2 aromatic carbocycles. The first-order valence-corrected chi connectivity index (χ1v) is 11.9. The molecule has 3 aromatic rings. The minimum absolute atomic E-state index is 0.0715. The summed E-state index contributed by atoms with van der Waals surface area (Å²) in [5.41, 5.74) is 2.57. The normalized spacial score (nSPS) is 13.0. The van der Waals surface area contributed by atoms with Gasteiger partial charge in [-0.05, 0) is 48.1 Å². The molecule has 2 N–H and O–H groups in total.